The molecule has 0 radical (unpaired) electrons. The Kier molecular flexibility index (Phi) is 7.18. The zero-order valence-corrected chi connectivity index (χ0v) is 17.5. The van der Waals surface area contributed by atoms with E-state index in [4.69, 9.17) is 0 Å². The summed E-state index contributed by atoms with van der Waals surface area (Å²) in [6.07, 6.45) is 0.272. The summed E-state index contributed by atoms with van der Waals surface area (Å²) in [6.45, 7) is 1.98. The second-order valence-electron chi connectivity index (χ2n) is 5.79. The lowest BCUT2D eigenvalue weighted by molar-refractivity contribution is -0.119. The van der Waals surface area contributed by atoms with Crippen LogP contribution in [0.25, 0.3) is 10.6 Å². The first-order chi connectivity index (χ1) is 13.5. The van der Waals surface area contributed by atoms with Gasteiger partial charge in [0.2, 0.25) is 11.8 Å². The molecule has 2 N–H and O–H groups in total. The highest BCUT2D eigenvalue weighted by atomic mass is 32.2. The summed E-state index contributed by atoms with van der Waals surface area (Å²) in [5, 5.41) is 7.97. The molecule has 2 amide bonds. The lowest BCUT2D eigenvalue weighted by Crippen LogP contribution is -2.17. The molecule has 0 aliphatic heterocycles. The van der Waals surface area contributed by atoms with E-state index in [-0.39, 0.29) is 24.1 Å². The molecule has 0 saturated carbocycles. The maximum atomic E-state index is 13.6. The van der Waals surface area contributed by atoms with E-state index in [9.17, 15) is 14.0 Å². The molecule has 0 bridgehead atoms. The Balaban J connectivity index is 1.49. The number of amides is 2. The van der Waals surface area contributed by atoms with Gasteiger partial charge in [-0.1, -0.05) is 12.1 Å². The normalized spacial score (nSPS) is 10.6. The fourth-order valence-electron chi connectivity index (χ4n) is 2.26. The molecule has 3 rings (SSSR count). The number of benzene rings is 1. The van der Waals surface area contributed by atoms with Crippen molar-refractivity contribution in [1.29, 1.82) is 0 Å². The maximum absolute atomic E-state index is 13.6. The summed E-state index contributed by atoms with van der Waals surface area (Å²) in [5.41, 5.74) is 0.792. The van der Waals surface area contributed by atoms with E-state index in [2.05, 4.69) is 15.6 Å². The Bertz CT molecular complexity index is 971. The van der Waals surface area contributed by atoms with E-state index in [0.717, 1.165) is 15.4 Å². The topological polar surface area (TPSA) is 71.1 Å². The largest absolute Gasteiger partial charge is 0.351 e. The number of carbonyl (C=O) groups is 2. The number of aromatic nitrogens is 1. The Labute approximate surface area is 174 Å². The number of carbonyl (C=O) groups excluding carboxylic acids is 2. The predicted octanol–water partition coefficient (Wildman–Crippen LogP) is 4.77. The number of thiophene rings is 1. The highest BCUT2D eigenvalue weighted by molar-refractivity contribution is 7.99. The van der Waals surface area contributed by atoms with Gasteiger partial charge in [-0.05, 0) is 24.3 Å². The lowest BCUT2D eigenvalue weighted by Gasteiger charge is -2.03. The van der Waals surface area contributed by atoms with Crippen LogP contribution in [0.3, 0.4) is 0 Å². The van der Waals surface area contributed by atoms with Crippen LogP contribution in [0.4, 0.5) is 9.52 Å². The van der Waals surface area contributed by atoms with Gasteiger partial charge in [0.05, 0.1) is 17.1 Å². The highest BCUT2D eigenvalue weighted by Gasteiger charge is 2.11. The van der Waals surface area contributed by atoms with Gasteiger partial charge in [0.15, 0.2) is 5.13 Å². The quantitative estimate of drug-likeness (QED) is 0.500. The lowest BCUT2D eigenvalue weighted by atomic mass is 10.3. The molecule has 9 heteroatoms. The second kappa shape index (κ2) is 9.81. The number of anilines is 1. The summed E-state index contributed by atoms with van der Waals surface area (Å²) < 4.78 is 13.6. The van der Waals surface area contributed by atoms with Gasteiger partial charge in [0.25, 0.3) is 0 Å². The van der Waals surface area contributed by atoms with Crippen molar-refractivity contribution in [3.05, 3.63) is 52.5 Å². The first kappa shape index (κ1) is 20.5. The van der Waals surface area contributed by atoms with Crippen molar-refractivity contribution in [2.24, 2.45) is 0 Å². The average Bonchev–Trinajstić information content (AvgIpc) is 3.31. The van der Waals surface area contributed by atoms with Crippen molar-refractivity contribution in [1.82, 2.24) is 10.3 Å². The van der Waals surface area contributed by atoms with E-state index in [0.29, 0.717) is 22.3 Å². The van der Waals surface area contributed by atoms with Crippen LogP contribution in [0, 0.1) is 5.82 Å². The Hall–Kier alpha value is -2.23. The zero-order valence-electron chi connectivity index (χ0n) is 15.0. The molecule has 0 spiro atoms. The highest BCUT2D eigenvalue weighted by Crippen LogP contribution is 2.31. The van der Waals surface area contributed by atoms with Crippen molar-refractivity contribution >= 4 is 51.4 Å². The minimum absolute atomic E-state index is 0.0678. The van der Waals surface area contributed by atoms with Crippen LogP contribution in [0.15, 0.2) is 46.7 Å². The molecule has 0 aliphatic carbocycles. The third-order valence-electron chi connectivity index (χ3n) is 3.60. The molecule has 5 nitrogen and oxygen atoms in total. The van der Waals surface area contributed by atoms with E-state index >= 15 is 0 Å². The SMILES string of the molecule is CC(=O)NCc1ccc(-c2csc(NC(=O)CCSc3ccccc3F)n2)s1. The van der Waals surface area contributed by atoms with Crippen LogP contribution in [0.1, 0.15) is 18.2 Å². The molecule has 1 aromatic carbocycles. The van der Waals surface area contributed by atoms with Crippen LogP contribution in [0.5, 0.6) is 0 Å². The summed E-state index contributed by atoms with van der Waals surface area (Å²) in [5.74, 6) is -0.00191. The third-order valence-corrected chi connectivity index (χ3v) is 6.52. The number of rotatable bonds is 8. The van der Waals surface area contributed by atoms with Gasteiger partial charge in [-0.15, -0.1) is 34.4 Å². The minimum Gasteiger partial charge on any atom is -0.351 e. The van der Waals surface area contributed by atoms with Crippen LogP contribution >= 0.6 is 34.4 Å². The molecular formula is C19H18FN3O2S3. The first-order valence-electron chi connectivity index (χ1n) is 8.47. The van der Waals surface area contributed by atoms with Crippen molar-refractivity contribution in [2.75, 3.05) is 11.1 Å². The molecular weight excluding hydrogens is 417 g/mol. The number of thioether (sulfide) groups is 1. The predicted molar refractivity (Wildman–Crippen MR) is 113 cm³/mol. The second-order valence-corrected chi connectivity index (χ2v) is 8.95. The van der Waals surface area contributed by atoms with Gasteiger partial charge in [-0.2, -0.15) is 0 Å². The minimum atomic E-state index is -0.272. The molecule has 3 aromatic rings. The van der Waals surface area contributed by atoms with Gasteiger partial charge in [-0.25, -0.2) is 9.37 Å². The van der Waals surface area contributed by atoms with E-state index in [1.165, 1.54) is 36.1 Å². The van der Waals surface area contributed by atoms with Crippen LogP contribution < -0.4 is 10.6 Å². The Morgan fingerprint density at radius 3 is 2.82 bits per heavy atom. The molecule has 146 valence electrons. The van der Waals surface area contributed by atoms with Gasteiger partial charge in [-0.3, -0.25) is 9.59 Å². The number of hydrogen-bond donors (Lipinski definition) is 2. The van der Waals surface area contributed by atoms with Crippen molar-refractivity contribution in [2.45, 2.75) is 24.8 Å². The molecule has 2 heterocycles. The molecule has 28 heavy (non-hydrogen) atoms. The van der Waals surface area contributed by atoms with Gasteiger partial charge in [0.1, 0.15) is 5.82 Å². The number of nitrogens with one attached hydrogen (secondary N) is 2. The molecule has 2 aromatic heterocycles. The van der Waals surface area contributed by atoms with Gasteiger partial charge < -0.3 is 10.6 Å². The van der Waals surface area contributed by atoms with E-state index < -0.39 is 0 Å². The number of nitrogens with zero attached hydrogens (tertiary/aromatic N) is 1. The fraction of sp³-hybridized carbons (Fsp3) is 0.211. The average molecular weight is 436 g/mol. The van der Waals surface area contributed by atoms with Crippen LogP contribution in [-0.4, -0.2) is 22.6 Å². The van der Waals surface area contributed by atoms with Crippen molar-refractivity contribution < 1.29 is 14.0 Å². The number of hydrogen-bond acceptors (Lipinski definition) is 6. The molecule has 0 saturated heterocycles. The zero-order chi connectivity index (χ0) is 19.9. The van der Waals surface area contributed by atoms with Crippen LogP contribution in [0.2, 0.25) is 0 Å². The standard InChI is InChI=1S/C19H18FN3O2S3/c1-12(24)21-10-13-6-7-17(28-13)15-11-27-19(22-15)23-18(25)8-9-26-16-5-3-2-4-14(16)20/h2-7,11H,8-10H2,1H3,(H,21,24)(H,22,23,25). The van der Waals surface area contributed by atoms with Crippen LogP contribution in [-0.2, 0) is 16.1 Å². The maximum Gasteiger partial charge on any atom is 0.226 e. The first-order valence-corrected chi connectivity index (χ1v) is 11.2. The number of thiazole rings is 1. The summed E-state index contributed by atoms with van der Waals surface area (Å²) >= 11 is 4.23. The Morgan fingerprint density at radius 2 is 2.04 bits per heavy atom. The van der Waals surface area contributed by atoms with Gasteiger partial charge >= 0.3 is 0 Å². The smallest absolute Gasteiger partial charge is 0.226 e. The summed E-state index contributed by atoms with van der Waals surface area (Å²) in [4.78, 5) is 30.1. The Morgan fingerprint density at radius 1 is 1.21 bits per heavy atom. The van der Waals surface area contributed by atoms with E-state index in [1.807, 2.05) is 17.5 Å². The molecule has 0 unspecified atom stereocenters. The molecule has 0 fully saturated rings. The van der Waals surface area contributed by atoms with Gasteiger partial charge in [0, 0.05) is 34.3 Å². The summed E-state index contributed by atoms with van der Waals surface area (Å²) in [6, 6.07) is 10.4. The third kappa shape index (κ3) is 5.88. The van der Waals surface area contributed by atoms with E-state index in [1.54, 1.807) is 29.5 Å². The monoisotopic (exact) mass is 435 g/mol. The summed E-state index contributed by atoms with van der Waals surface area (Å²) in [7, 11) is 0. The molecule has 0 atom stereocenters. The van der Waals surface area contributed by atoms with Crippen molar-refractivity contribution in [3.8, 4) is 10.6 Å². The van der Waals surface area contributed by atoms with Crippen molar-refractivity contribution in [3.63, 3.8) is 0 Å². The fourth-order valence-corrected chi connectivity index (χ4v) is 4.86. The molecule has 0 aliphatic rings. The number of halogens is 1.